The van der Waals surface area contributed by atoms with Gasteiger partial charge in [-0.2, -0.15) is 0 Å². The number of unbranched alkanes of at least 4 members (excludes halogenated alkanes) is 3. The third-order valence-electron chi connectivity index (χ3n) is 2.91. The Bertz CT molecular complexity index is 339. The van der Waals surface area contributed by atoms with E-state index < -0.39 is 0 Å². The van der Waals surface area contributed by atoms with Crippen LogP contribution in [0.5, 0.6) is 0 Å². The Balaban J connectivity index is 2.37. The monoisotopic (exact) mass is 238 g/mol. The fraction of sp³-hybridized carbons (Fsp3) is 0.571. The van der Waals surface area contributed by atoms with Gasteiger partial charge in [-0.15, -0.1) is 0 Å². The predicted molar refractivity (Wildman–Crippen MR) is 72.7 cm³/mol. The van der Waals surface area contributed by atoms with E-state index in [0.717, 1.165) is 12.1 Å². The lowest BCUT2D eigenvalue weighted by Crippen LogP contribution is -2.16. The highest BCUT2D eigenvalue weighted by atomic mass is 19.1. The average molecular weight is 238 g/mol. The van der Waals surface area contributed by atoms with Gasteiger partial charge < -0.3 is 11.1 Å². The van der Waals surface area contributed by atoms with Crippen LogP contribution in [-0.2, 0) is 0 Å². The fourth-order valence-corrected chi connectivity index (χ4v) is 1.88. The van der Waals surface area contributed by atoms with Crippen molar-refractivity contribution >= 4 is 11.4 Å². The molecular weight excluding hydrogens is 215 g/mol. The largest absolute Gasteiger partial charge is 0.397 e. The Morgan fingerprint density at radius 1 is 1.29 bits per heavy atom. The number of nitrogen functional groups attached to an aromatic ring is 1. The molecule has 0 heterocycles. The normalized spacial score (nSPS) is 12.4. The zero-order chi connectivity index (χ0) is 12.7. The smallest absolute Gasteiger partial charge is 0.125 e. The molecule has 0 amide bonds. The molecule has 17 heavy (non-hydrogen) atoms. The van der Waals surface area contributed by atoms with Crippen molar-refractivity contribution in [2.75, 3.05) is 11.1 Å². The molecule has 1 rings (SSSR count). The average Bonchev–Trinajstić information content (AvgIpc) is 2.28. The summed E-state index contributed by atoms with van der Waals surface area (Å²) in [5.74, 6) is -0.288. The molecule has 0 aliphatic rings. The molecule has 96 valence electrons. The van der Waals surface area contributed by atoms with Crippen LogP contribution >= 0.6 is 0 Å². The van der Waals surface area contributed by atoms with Crippen molar-refractivity contribution in [3.05, 3.63) is 24.0 Å². The zero-order valence-electron chi connectivity index (χ0n) is 10.8. The van der Waals surface area contributed by atoms with Crippen molar-refractivity contribution in [2.24, 2.45) is 0 Å². The van der Waals surface area contributed by atoms with Gasteiger partial charge in [-0.1, -0.05) is 32.6 Å². The molecule has 0 aliphatic carbocycles. The molecule has 0 fully saturated rings. The van der Waals surface area contributed by atoms with Crippen LogP contribution in [0.15, 0.2) is 18.2 Å². The van der Waals surface area contributed by atoms with Crippen molar-refractivity contribution in [2.45, 2.75) is 52.0 Å². The van der Waals surface area contributed by atoms with E-state index >= 15 is 0 Å². The highest BCUT2D eigenvalue weighted by Gasteiger charge is 2.05. The van der Waals surface area contributed by atoms with Crippen LogP contribution in [0, 0.1) is 5.82 Å². The van der Waals surface area contributed by atoms with Crippen LogP contribution in [0.3, 0.4) is 0 Å². The van der Waals surface area contributed by atoms with Gasteiger partial charge in [0.1, 0.15) is 5.82 Å². The quantitative estimate of drug-likeness (QED) is 0.552. The van der Waals surface area contributed by atoms with Crippen LogP contribution in [-0.4, -0.2) is 6.04 Å². The molecule has 0 saturated carbocycles. The van der Waals surface area contributed by atoms with Gasteiger partial charge in [0.15, 0.2) is 0 Å². The van der Waals surface area contributed by atoms with Crippen molar-refractivity contribution in [3.8, 4) is 0 Å². The lowest BCUT2D eigenvalue weighted by atomic mass is 10.1. The summed E-state index contributed by atoms with van der Waals surface area (Å²) < 4.78 is 12.9. The summed E-state index contributed by atoms with van der Waals surface area (Å²) >= 11 is 0. The lowest BCUT2D eigenvalue weighted by molar-refractivity contribution is 0.593. The van der Waals surface area contributed by atoms with Gasteiger partial charge >= 0.3 is 0 Å². The van der Waals surface area contributed by atoms with Crippen LogP contribution in [0.2, 0.25) is 0 Å². The standard InChI is InChI=1S/C14H23FN2/c1-3-4-5-6-7-11(2)17-14-9-8-12(15)10-13(14)16/h8-11,17H,3-7,16H2,1-2H3. The third kappa shape index (κ3) is 5.07. The fourth-order valence-electron chi connectivity index (χ4n) is 1.88. The Labute approximate surface area is 103 Å². The molecule has 0 spiro atoms. The second-order valence-corrected chi connectivity index (χ2v) is 4.63. The number of nitrogens with two attached hydrogens (primary N) is 1. The first-order chi connectivity index (χ1) is 8.13. The highest BCUT2D eigenvalue weighted by molar-refractivity contribution is 5.66. The summed E-state index contributed by atoms with van der Waals surface area (Å²) in [4.78, 5) is 0. The first kappa shape index (κ1) is 13.8. The van der Waals surface area contributed by atoms with Gasteiger partial charge in [-0.25, -0.2) is 4.39 Å². The maximum atomic E-state index is 12.9. The van der Waals surface area contributed by atoms with Crippen LogP contribution in [0.4, 0.5) is 15.8 Å². The van der Waals surface area contributed by atoms with Crippen LogP contribution < -0.4 is 11.1 Å². The molecule has 0 bridgehead atoms. The Hall–Kier alpha value is -1.25. The summed E-state index contributed by atoms with van der Waals surface area (Å²) in [5, 5.41) is 3.32. The number of rotatable bonds is 7. The number of halogens is 1. The van der Waals surface area contributed by atoms with Crippen LogP contribution in [0.25, 0.3) is 0 Å². The number of hydrogen-bond acceptors (Lipinski definition) is 2. The molecule has 3 N–H and O–H groups in total. The van der Waals surface area contributed by atoms with Gasteiger partial charge in [0.2, 0.25) is 0 Å². The second kappa shape index (κ2) is 7.15. The molecule has 1 atom stereocenters. The molecule has 1 unspecified atom stereocenters. The topological polar surface area (TPSA) is 38.0 Å². The second-order valence-electron chi connectivity index (χ2n) is 4.63. The Kier molecular flexibility index (Phi) is 5.81. The molecule has 0 radical (unpaired) electrons. The minimum atomic E-state index is -0.288. The van der Waals surface area contributed by atoms with Crippen molar-refractivity contribution in [1.82, 2.24) is 0 Å². The Morgan fingerprint density at radius 3 is 2.71 bits per heavy atom. The minimum absolute atomic E-state index is 0.288. The number of hydrogen-bond donors (Lipinski definition) is 2. The van der Waals surface area contributed by atoms with Gasteiger partial charge in [0.05, 0.1) is 11.4 Å². The molecule has 2 nitrogen and oxygen atoms in total. The van der Waals surface area contributed by atoms with E-state index in [-0.39, 0.29) is 5.82 Å². The van der Waals surface area contributed by atoms with Gasteiger partial charge in [-0.3, -0.25) is 0 Å². The van der Waals surface area contributed by atoms with E-state index in [2.05, 4.69) is 19.2 Å². The van der Waals surface area contributed by atoms with Crippen molar-refractivity contribution in [3.63, 3.8) is 0 Å². The van der Waals surface area contributed by atoms with E-state index in [1.54, 1.807) is 6.07 Å². The molecule has 0 aliphatic heterocycles. The first-order valence-corrected chi connectivity index (χ1v) is 6.45. The summed E-state index contributed by atoms with van der Waals surface area (Å²) in [7, 11) is 0. The SMILES string of the molecule is CCCCCCC(C)Nc1ccc(F)cc1N. The number of benzene rings is 1. The minimum Gasteiger partial charge on any atom is -0.397 e. The number of anilines is 2. The van der Waals surface area contributed by atoms with E-state index in [0.29, 0.717) is 11.7 Å². The highest BCUT2D eigenvalue weighted by Crippen LogP contribution is 2.21. The molecular formula is C14H23FN2. The summed E-state index contributed by atoms with van der Waals surface area (Å²) in [5.41, 5.74) is 7.05. The summed E-state index contributed by atoms with van der Waals surface area (Å²) in [6, 6.07) is 4.86. The molecule has 0 saturated heterocycles. The molecule has 3 heteroatoms. The summed E-state index contributed by atoms with van der Waals surface area (Å²) in [6.07, 6.45) is 6.18. The van der Waals surface area contributed by atoms with E-state index in [4.69, 9.17) is 5.73 Å². The molecule has 0 aromatic heterocycles. The number of nitrogens with one attached hydrogen (secondary N) is 1. The van der Waals surface area contributed by atoms with E-state index in [9.17, 15) is 4.39 Å². The van der Waals surface area contributed by atoms with Gasteiger partial charge in [-0.05, 0) is 31.5 Å². The Morgan fingerprint density at radius 2 is 2.06 bits per heavy atom. The summed E-state index contributed by atoms with van der Waals surface area (Å²) in [6.45, 7) is 4.34. The van der Waals surface area contributed by atoms with Crippen LogP contribution in [0.1, 0.15) is 46.0 Å². The molecule has 1 aromatic rings. The first-order valence-electron chi connectivity index (χ1n) is 6.45. The lowest BCUT2D eigenvalue weighted by Gasteiger charge is -2.16. The maximum absolute atomic E-state index is 12.9. The van der Waals surface area contributed by atoms with E-state index in [1.807, 2.05) is 0 Å². The van der Waals surface area contributed by atoms with E-state index in [1.165, 1.54) is 37.8 Å². The molecule has 1 aromatic carbocycles. The maximum Gasteiger partial charge on any atom is 0.125 e. The van der Waals surface area contributed by atoms with Gasteiger partial charge in [0.25, 0.3) is 0 Å². The predicted octanol–water partition coefficient (Wildman–Crippen LogP) is 4.18. The van der Waals surface area contributed by atoms with Crippen molar-refractivity contribution in [1.29, 1.82) is 0 Å². The van der Waals surface area contributed by atoms with Gasteiger partial charge in [0, 0.05) is 6.04 Å². The zero-order valence-corrected chi connectivity index (χ0v) is 10.8. The third-order valence-corrected chi connectivity index (χ3v) is 2.91. The van der Waals surface area contributed by atoms with Crippen molar-refractivity contribution < 1.29 is 4.39 Å².